The van der Waals surface area contributed by atoms with Gasteiger partial charge in [0.05, 0.1) is 12.5 Å². The number of furan rings is 1. The summed E-state index contributed by atoms with van der Waals surface area (Å²) in [5.74, 6) is -2.32. The highest BCUT2D eigenvalue weighted by Crippen LogP contribution is 2.22. The second-order valence-electron chi connectivity index (χ2n) is 5.17. The van der Waals surface area contributed by atoms with Gasteiger partial charge in [-0.2, -0.15) is 0 Å². The number of carbonyl (C=O) groups is 2. The fourth-order valence-electron chi connectivity index (χ4n) is 1.62. The quantitative estimate of drug-likeness (QED) is 0.652. The molecule has 0 spiro atoms. The molecule has 1 amide bonds. The molecule has 20 heavy (non-hydrogen) atoms. The normalized spacial score (nSPS) is 11.2. The molecule has 0 aliphatic rings. The van der Waals surface area contributed by atoms with Crippen molar-refractivity contribution in [2.24, 2.45) is 0 Å². The zero-order valence-corrected chi connectivity index (χ0v) is 11.5. The minimum Gasteiger partial charge on any atom is -0.481 e. The second kappa shape index (κ2) is 5.72. The van der Waals surface area contributed by atoms with Gasteiger partial charge in [-0.3, -0.25) is 19.7 Å². The van der Waals surface area contributed by atoms with Crippen molar-refractivity contribution in [1.29, 1.82) is 0 Å². The monoisotopic (exact) mass is 284 g/mol. The number of nitrogens with zero attached hydrogens (tertiary/aromatic N) is 2. The highest BCUT2D eigenvalue weighted by atomic mass is 16.6. The van der Waals surface area contributed by atoms with Crippen molar-refractivity contribution < 1.29 is 24.0 Å². The molecule has 0 fully saturated rings. The van der Waals surface area contributed by atoms with Crippen LogP contribution in [0.2, 0.25) is 0 Å². The maximum atomic E-state index is 12.3. The highest BCUT2D eigenvalue weighted by molar-refractivity contribution is 5.92. The summed E-state index contributed by atoms with van der Waals surface area (Å²) in [7, 11) is 0. The van der Waals surface area contributed by atoms with Gasteiger partial charge in [0.15, 0.2) is 5.76 Å². The van der Waals surface area contributed by atoms with E-state index in [9.17, 15) is 19.7 Å². The summed E-state index contributed by atoms with van der Waals surface area (Å²) >= 11 is 0. The Labute approximate surface area is 115 Å². The average molecular weight is 284 g/mol. The summed E-state index contributed by atoms with van der Waals surface area (Å²) in [5, 5.41) is 19.2. The molecule has 0 unspecified atom stereocenters. The van der Waals surface area contributed by atoms with Crippen LogP contribution in [0, 0.1) is 10.1 Å². The fourth-order valence-corrected chi connectivity index (χ4v) is 1.62. The van der Waals surface area contributed by atoms with E-state index in [-0.39, 0.29) is 18.7 Å². The molecule has 0 aromatic carbocycles. The first-order valence-corrected chi connectivity index (χ1v) is 5.91. The van der Waals surface area contributed by atoms with Crippen LogP contribution < -0.4 is 0 Å². The molecular weight excluding hydrogens is 268 g/mol. The summed E-state index contributed by atoms with van der Waals surface area (Å²) in [6, 6.07) is 2.30. The zero-order valence-electron chi connectivity index (χ0n) is 11.5. The summed E-state index contributed by atoms with van der Waals surface area (Å²) in [5.41, 5.74) is -0.631. The lowest BCUT2D eigenvalue weighted by Crippen LogP contribution is -2.46. The third kappa shape index (κ3) is 3.81. The molecule has 8 nitrogen and oxygen atoms in total. The van der Waals surface area contributed by atoms with Gasteiger partial charge < -0.3 is 14.4 Å². The van der Waals surface area contributed by atoms with Gasteiger partial charge in [0.1, 0.15) is 4.92 Å². The number of rotatable bonds is 5. The van der Waals surface area contributed by atoms with E-state index < -0.39 is 28.2 Å². The van der Waals surface area contributed by atoms with Gasteiger partial charge in [0.2, 0.25) is 0 Å². The number of hydrogen-bond acceptors (Lipinski definition) is 5. The van der Waals surface area contributed by atoms with Gasteiger partial charge in [0, 0.05) is 12.1 Å². The minimum atomic E-state index is -1.03. The van der Waals surface area contributed by atoms with Crippen LogP contribution in [0.4, 0.5) is 5.88 Å². The number of carbonyl (C=O) groups excluding carboxylic acids is 1. The zero-order chi connectivity index (χ0) is 15.5. The minimum absolute atomic E-state index is 0.00777. The molecule has 0 radical (unpaired) electrons. The Hall–Kier alpha value is -2.38. The Kier molecular flexibility index (Phi) is 4.49. The standard InChI is InChI=1S/C12H16N2O6/c1-12(2,3)13(7-6-10(15)16)11(17)8-4-5-9(20-8)14(18)19/h4-5H,6-7H2,1-3H3,(H,15,16). The third-order valence-corrected chi connectivity index (χ3v) is 2.59. The predicted molar refractivity (Wildman–Crippen MR) is 68.4 cm³/mol. The smallest absolute Gasteiger partial charge is 0.433 e. The molecule has 1 aromatic rings. The van der Waals surface area contributed by atoms with E-state index >= 15 is 0 Å². The van der Waals surface area contributed by atoms with E-state index in [1.165, 1.54) is 11.0 Å². The fraction of sp³-hybridized carbons (Fsp3) is 0.500. The van der Waals surface area contributed by atoms with Crippen LogP contribution >= 0.6 is 0 Å². The highest BCUT2D eigenvalue weighted by Gasteiger charge is 2.30. The number of carboxylic acid groups (broad SMARTS) is 1. The first-order chi connectivity index (χ1) is 9.12. The average Bonchev–Trinajstić information content (AvgIpc) is 2.75. The van der Waals surface area contributed by atoms with E-state index in [4.69, 9.17) is 9.52 Å². The van der Waals surface area contributed by atoms with Crippen molar-refractivity contribution in [2.45, 2.75) is 32.7 Å². The lowest BCUT2D eigenvalue weighted by molar-refractivity contribution is -0.402. The van der Waals surface area contributed by atoms with E-state index in [2.05, 4.69) is 0 Å². The molecule has 0 atom stereocenters. The van der Waals surface area contributed by atoms with Crippen LogP contribution in [0.1, 0.15) is 37.7 Å². The molecule has 1 N–H and O–H groups in total. The molecule has 0 saturated carbocycles. The van der Waals surface area contributed by atoms with E-state index in [0.29, 0.717) is 0 Å². The van der Waals surface area contributed by atoms with Gasteiger partial charge in [-0.1, -0.05) is 0 Å². The SMILES string of the molecule is CC(C)(C)N(CCC(=O)O)C(=O)c1ccc([N+](=O)[O-])o1. The van der Waals surface area contributed by atoms with Crippen molar-refractivity contribution in [3.05, 3.63) is 28.0 Å². The summed E-state index contributed by atoms with van der Waals surface area (Å²) in [6.07, 6.45) is -0.216. The lowest BCUT2D eigenvalue weighted by Gasteiger charge is -2.34. The number of carboxylic acids is 1. The summed E-state index contributed by atoms with van der Waals surface area (Å²) < 4.78 is 4.85. The maximum absolute atomic E-state index is 12.3. The Morgan fingerprint density at radius 2 is 2.00 bits per heavy atom. The van der Waals surface area contributed by atoms with Gasteiger partial charge >= 0.3 is 11.9 Å². The van der Waals surface area contributed by atoms with Crippen LogP contribution in [-0.4, -0.2) is 38.9 Å². The molecule has 0 aliphatic carbocycles. The number of nitro groups is 1. The largest absolute Gasteiger partial charge is 0.481 e. The number of amides is 1. The van der Waals surface area contributed by atoms with Gasteiger partial charge in [-0.15, -0.1) is 0 Å². The molecule has 110 valence electrons. The van der Waals surface area contributed by atoms with Crippen molar-refractivity contribution in [3.8, 4) is 0 Å². The molecule has 1 heterocycles. The summed E-state index contributed by atoms with van der Waals surface area (Å²) in [4.78, 5) is 34.0. The van der Waals surface area contributed by atoms with Gasteiger partial charge in [-0.25, -0.2) is 0 Å². The Morgan fingerprint density at radius 1 is 1.40 bits per heavy atom. The van der Waals surface area contributed by atoms with Crippen molar-refractivity contribution in [2.75, 3.05) is 6.54 Å². The van der Waals surface area contributed by atoms with Crippen molar-refractivity contribution in [3.63, 3.8) is 0 Å². The number of hydrogen-bond donors (Lipinski definition) is 1. The van der Waals surface area contributed by atoms with E-state index in [1.54, 1.807) is 20.8 Å². The Morgan fingerprint density at radius 3 is 2.40 bits per heavy atom. The van der Waals surface area contributed by atoms with Crippen LogP contribution in [0.3, 0.4) is 0 Å². The van der Waals surface area contributed by atoms with Crippen LogP contribution in [0.15, 0.2) is 16.5 Å². The number of aliphatic carboxylic acids is 1. The van der Waals surface area contributed by atoms with E-state index in [1.807, 2.05) is 0 Å². The van der Waals surface area contributed by atoms with Crippen LogP contribution in [-0.2, 0) is 4.79 Å². The second-order valence-corrected chi connectivity index (χ2v) is 5.17. The molecule has 0 aliphatic heterocycles. The van der Waals surface area contributed by atoms with Crippen molar-refractivity contribution in [1.82, 2.24) is 4.90 Å². The molecule has 1 rings (SSSR count). The molecule has 0 bridgehead atoms. The van der Waals surface area contributed by atoms with Gasteiger partial charge in [-0.05, 0) is 26.8 Å². The Bertz CT molecular complexity index is 528. The van der Waals surface area contributed by atoms with E-state index in [0.717, 1.165) is 6.07 Å². The van der Waals surface area contributed by atoms with Gasteiger partial charge in [0.25, 0.3) is 5.91 Å². The molecule has 0 saturated heterocycles. The maximum Gasteiger partial charge on any atom is 0.433 e. The van der Waals surface area contributed by atoms with Crippen LogP contribution in [0.5, 0.6) is 0 Å². The van der Waals surface area contributed by atoms with Crippen LogP contribution in [0.25, 0.3) is 0 Å². The van der Waals surface area contributed by atoms with Crippen molar-refractivity contribution >= 4 is 17.8 Å². The Balaban J connectivity index is 2.97. The summed E-state index contributed by atoms with van der Waals surface area (Å²) in [6.45, 7) is 5.21. The molecule has 1 aromatic heterocycles. The topological polar surface area (TPSA) is 114 Å². The lowest BCUT2D eigenvalue weighted by atomic mass is 10.0. The predicted octanol–water partition coefficient (Wildman–Crippen LogP) is 1.90. The third-order valence-electron chi connectivity index (χ3n) is 2.59. The first-order valence-electron chi connectivity index (χ1n) is 5.91. The first kappa shape index (κ1) is 15.7. The molecule has 8 heteroatoms. The molecular formula is C12H16N2O6.